The quantitative estimate of drug-likeness (QED) is 0.222. The van der Waals surface area contributed by atoms with Crippen molar-refractivity contribution in [1.29, 1.82) is 0 Å². The Kier molecular flexibility index (Phi) is 9.27. The first-order valence-electron chi connectivity index (χ1n) is 12.6. The van der Waals surface area contributed by atoms with Gasteiger partial charge in [0.25, 0.3) is 5.91 Å². The van der Waals surface area contributed by atoms with Crippen LogP contribution in [0.3, 0.4) is 0 Å². The van der Waals surface area contributed by atoms with E-state index in [2.05, 4.69) is 20.3 Å². The zero-order valence-electron chi connectivity index (χ0n) is 22.5. The summed E-state index contributed by atoms with van der Waals surface area (Å²) < 4.78 is 0. The van der Waals surface area contributed by atoms with E-state index in [1.54, 1.807) is 17.3 Å². The number of thioether (sulfide) groups is 1. The lowest BCUT2D eigenvalue weighted by molar-refractivity contribution is -0.137. The molecule has 8 nitrogen and oxygen atoms in total. The predicted octanol–water partition coefficient (Wildman–Crippen LogP) is 5.06. The number of nitrogens with one attached hydrogen (secondary N) is 1. The average molecular weight is 541 g/mol. The summed E-state index contributed by atoms with van der Waals surface area (Å²) in [5.74, 6) is -0.431. The number of hydrogen-bond donors (Lipinski definition) is 1. The van der Waals surface area contributed by atoms with Crippen molar-refractivity contribution in [2.45, 2.75) is 31.6 Å². The Balaban J connectivity index is 1.65. The Hall–Kier alpha value is -4.24. The van der Waals surface area contributed by atoms with Crippen LogP contribution >= 0.6 is 11.8 Å². The molecule has 1 unspecified atom stereocenters. The molecule has 0 aliphatic rings. The van der Waals surface area contributed by atoms with E-state index in [9.17, 15) is 9.59 Å². The molecule has 2 heterocycles. The Bertz CT molecular complexity index is 1380. The van der Waals surface area contributed by atoms with Crippen LogP contribution in [0.5, 0.6) is 0 Å². The van der Waals surface area contributed by atoms with Gasteiger partial charge in [-0.15, -0.1) is 0 Å². The number of benzene rings is 2. The van der Waals surface area contributed by atoms with E-state index >= 15 is 0 Å². The molecular weight excluding hydrogens is 508 g/mol. The second kappa shape index (κ2) is 13.0. The summed E-state index contributed by atoms with van der Waals surface area (Å²) >= 11 is 1.26. The molecule has 9 heteroatoms. The molecule has 0 spiro atoms. The van der Waals surface area contributed by atoms with E-state index in [4.69, 9.17) is 0 Å². The number of pyridine rings is 1. The Morgan fingerprint density at radius 2 is 1.62 bits per heavy atom. The number of rotatable bonds is 10. The highest BCUT2D eigenvalue weighted by molar-refractivity contribution is 7.99. The van der Waals surface area contributed by atoms with Gasteiger partial charge in [0, 0.05) is 55.8 Å². The maximum atomic E-state index is 13.9. The maximum Gasteiger partial charge on any atom is 0.251 e. The van der Waals surface area contributed by atoms with Gasteiger partial charge >= 0.3 is 0 Å². The Morgan fingerprint density at radius 1 is 0.923 bits per heavy atom. The smallest absolute Gasteiger partial charge is 0.251 e. The van der Waals surface area contributed by atoms with Crippen LogP contribution in [0.15, 0.2) is 90.3 Å². The number of nitrogens with zero attached hydrogens (tertiary/aromatic N) is 5. The average Bonchev–Trinajstić information content (AvgIpc) is 2.92. The van der Waals surface area contributed by atoms with Gasteiger partial charge in [0.1, 0.15) is 6.04 Å². The molecule has 200 valence electrons. The number of aromatic nitrogens is 3. The van der Waals surface area contributed by atoms with E-state index in [1.165, 1.54) is 11.8 Å². The van der Waals surface area contributed by atoms with Crippen molar-refractivity contribution in [2.24, 2.45) is 0 Å². The third kappa shape index (κ3) is 7.64. The van der Waals surface area contributed by atoms with Gasteiger partial charge in [0.15, 0.2) is 5.16 Å². The second-order valence-corrected chi connectivity index (χ2v) is 10.3. The Morgan fingerprint density at radius 3 is 2.23 bits per heavy atom. The van der Waals surface area contributed by atoms with Crippen LogP contribution < -0.4 is 10.2 Å². The molecule has 1 atom stereocenters. The molecule has 0 saturated carbocycles. The summed E-state index contributed by atoms with van der Waals surface area (Å²) in [7, 11) is 3.92. The molecule has 39 heavy (non-hydrogen) atoms. The summed E-state index contributed by atoms with van der Waals surface area (Å²) in [5.41, 5.74) is 4.88. The minimum absolute atomic E-state index is 0.0807. The number of anilines is 2. The molecule has 0 saturated heterocycles. The van der Waals surface area contributed by atoms with Crippen LogP contribution in [-0.4, -0.2) is 51.5 Å². The molecule has 2 aromatic carbocycles. The fourth-order valence-corrected chi connectivity index (χ4v) is 4.98. The van der Waals surface area contributed by atoms with Crippen molar-refractivity contribution >= 4 is 35.0 Å². The van der Waals surface area contributed by atoms with Crippen LogP contribution in [0, 0.1) is 13.8 Å². The molecule has 1 N–H and O–H groups in total. The van der Waals surface area contributed by atoms with Crippen molar-refractivity contribution < 1.29 is 9.59 Å². The molecule has 4 rings (SSSR count). The van der Waals surface area contributed by atoms with Crippen molar-refractivity contribution in [3.8, 4) is 0 Å². The van der Waals surface area contributed by atoms with Crippen molar-refractivity contribution in [1.82, 2.24) is 19.9 Å². The van der Waals surface area contributed by atoms with E-state index < -0.39 is 6.04 Å². The fraction of sp³-hybridized carbons (Fsp3) is 0.233. The lowest BCUT2D eigenvalue weighted by Crippen LogP contribution is -2.41. The van der Waals surface area contributed by atoms with E-state index in [-0.39, 0.29) is 24.1 Å². The highest BCUT2D eigenvalue weighted by Crippen LogP contribution is 2.27. The van der Waals surface area contributed by atoms with Crippen LogP contribution in [0.25, 0.3) is 0 Å². The van der Waals surface area contributed by atoms with Gasteiger partial charge in [0.05, 0.1) is 5.75 Å². The van der Waals surface area contributed by atoms with Crippen LogP contribution in [0.1, 0.15) is 28.6 Å². The van der Waals surface area contributed by atoms with E-state index in [0.29, 0.717) is 16.4 Å². The van der Waals surface area contributed by atoms with Crippen LogP contribution in [-0.2, 0) is 16.1 Å². The SMILES string of the molecule is Cc1cc(C)nc(SCC(=O)N(Cc2cccnc2)C(C(=O)Nc2ccc(N(C)C)cc2)c2ccccc2)n1. The largest absolute Gasteiger partial charge is 0.378 e. The van der Waals surface area contributed by atoms with E-state index in [0.717, 1.165) is 22.6 Å². The molecule has 0 radical (unpaired) electrons. The second-order valence-electron chi connectivity index (χ2n) is 9.35. The first-order chi connectivity index (χ1) is 18.8. The number of carbonyl (C=O) groups is 2. The monoisotopic (exact) mass is 540 g/mol. The minimum Gasteiger partial charge on any atom is -0.378 e. The third-order valence-corrected chi connectivity index (χ3v) is 6.84. The minimum atomic E-state index is -0.867. The van der Waals surface area contributed by atoms with Crippen molar-refractivity contribution in [2.75, 3.05) is 30.1 Å². The van der Waals surface area contributed by atoms with E-state index in [1.807, 2.05) is 106 Å². The van der Waals surface area contributed by atoms with Crippen LogP contribution in [0.2, 0.25) is 0 Å². The van der Waals surface area contributed by atoms with Crippen molar-refractivity contribution in [3.05, 3.63) is 108 Å². The molecule has 0 aliphatic carbocycles. The maximum absolute atomic E-state index is 13.9. The topological polar surface area (TPSA) is 91.3 Å². The molecule has 2 amide bonds. The summed E-state index contributed by atoms with van der Waals surface area (Å²) in [6.07, 6.45) is 3.39. The molecule has 0 bridgehead atoms. The molecular formula is C30H32N6O2S. The van der Waals surface area contributed by atoms with Gasteiger partial charge in [0.2, 0.25) is 5.91 Å². The highest BCUT2D eigenvalue weighted by atomic mass is 32.2. The fourth-order valence-electron chi connectivity index (χ4n) is 4.14. The molecule has 4 aromatic rings. The highest BCUT2D eigenvalue weighted by Gasteiger charge is 2.32. The number of aryl methyl sites for hydroxylation is 2. The van der Waals surface area contributed by atoms with Crippen molar-refractivity contribution in [3.63, 3.8) is 0 Å². The van der Waals surface area contributed by atoms with Gasteiger partial charge in [-0.05, 0) is 61.4 Å². The first-order valence-corrected chi connectivity index (χ1v) is 13.6. The van der Waals surface area contributed by atoms with Crippen LogP contribution in [0.4, 0.5) is 11.4 Å². The number of carbonyl (C=O) groups excluding carboxylic acids is 2. The summed E-state index contributed by atoms with van der Waals surface area (Å²) in [6.45, 7) is 4.01. The van der Waals surface area contributed by atoms with Gasteiger partial charge in [-0.1, -0.05) is 48.2 Å². The Labute approximate surface area is 233 Å². The normalized spacial score (nSPS) is 11.5. The van der Waals surface area contributed by atoms with Gasteiger partial charge in [-0.25, -0.2) is 9.97 Å². The molecule has 0 aliphatic heterocycles. The third-order valence-electron chi connectivity index (χ3n) is 6.01. The summed E-state index contributed by atoms with van der Waals surface area (Å²) in [5, 5.41) is 3.55. The standard InChI is InChI=1S/C30H32N6O2S/c1-21-17-22(2)33-30(32-21)39-20-27(37)36(19-23-9-8-16-31-18-23)28(24-10-6-5-7-11-24)29(38)34-25-12-14-26(15-13-25)35(3)4/h5-18,28H,19-20H2,1-4H3,(H,34,38). The zero-order chi connectivity index (χ0) is 27.8. The zero-order valence-corrected chi connectivity index (χ0v) is 23.4. The summed E-state index contributed by atoms with van der Waals surface area (Å²) in [4.78, 5) is 44.4. The van der Waals surface area contributed by atoms with Gasteiger partial charge < -0.3 is 15.1 Å². The van der Waals surface area contributed by atoms with Gasteiger partial charge in [-0.2, -0.15) is 0 Å². The number of amides is 2. The summed E-state index contributed by atoms with van der Waals surface area (Å²) in [6, 6.07) is 21.7. The lowest BCUT2D eigenvalue weighted by atomic mass is 10.0. The molecule has 0 fully saturated rings. The number of hydrogen-bond acceptors (Lipinski definition) is 7. The predicted molar refractivity (Wildman–Crippen MR) is 156 cm³/mol. The van der Waals surface area contributed by atoms with Gasteiger partial charge in [-0.3, -0.25) is 14.6 Å². The first kappa shape index (κ1) is 27.8. The molecule has 2 aromatic heterocycles. The lowest BCUT2D eigenvalue weighted by Gasteiger charge is -2.31.